The van der Waals surface area contributed by atoms with Gasteiger partial charge in [0.1, 0.15) is 11.6 Å². The first-order valence-corrected chi connectivity index (χ1v) is 10.7. The molecule has 1 N–H and O–H groups in total. The summed E-state index contributed by atoms with van der Waals surface area (Å²) in [6.45, 7) is 3.00. The summed E-state index contributed by atoms with van der Waals surface area (Å²) < 4.78 is 14.7. The first-order chi connectivity index (χ1) is 14.6. The van der Waals surface area contributed by atoms with Gasteiger partial charge in [-0.05, 0) is 54.5 Å². The highest BCUT2D eigenvalue weighted by Gasteiger charge is 2.29. The van der Waals surface area contributed by atoms with Crippen molar-refractivity contribution < 1.29 is 14.0 Å². The molecule has 30 heavy (non-hydrogen) atoms. The Morgan fingerprint density at radius 1 is 1.03 bits per heavy atom. The van der Waals surface area contributed by atoms with Gasteiger partial charge in [0.05, 0.1) is 11.5 Å². The molecule has 7 heteroatoms. The zero-order chi connectivity index (χ0) is 20.7. The van der Waals surface area contributed by atoms with Crippen LogP contribution in [0.1, 0.15) is 52.6 Å². The average molecular weight is 408 g/mol. The van der Waals surface area contributed by atoms with Crippen LogP contribution in [0.4, 0.5) is 10.2 Å². The number of rotatable bonds is 4. The number of benzene rings is 1. The summed E-state index contributed by atoms with van der Waals surface area (Å²) in [5.41, 5.74) is 2.00. The number of anilines is 1. The van der Waals surface area contributed by atoms with Crippen molar-refractivity contribution in [2.45, 2.75) is 31.1 Å². The molecule has 1 aromatic heterocycles. The number of nitrogens with zero attached hydrogens (tertiary/aromatic N) is 3. The molecule has 3 heterocycles. The van der Waals surface area contributed by atoms with Gasteiger partial charge in [-0.1, -0.05) is 12.1 Å². The molecule has 156 valence electrons. The lowest BCUT2D eigenvalue weighted by molar-refractivity contribution is -0.120. The number of pyridine rings is 1. The van der Waals surface area contributed by atoms with Crippen LogP contribution in [0.15, 0.2) is 36.5 Å². The summed E-state index contributed by atoms with van der Waals surface area (Å²) in [6.07, 6.45) is 5.13. The highest BCUT2D eigenvalue weighted by atomic mass is 19.1. The third kappa shape index (κ3) is 3.64. The monoisotopic (exact) mass is 408 g/mol. The number of piperazine rings is 1. The summed E-state index contributed by atoms with van der Waals surface area (Å²) in [4.78, 5) is 33.1. The Balaban J connectivity index is 1.22. The second kappa shape index (κ2) is 7.70. The van der Waals surface area contributed by atoms with Crippen LogP contribution >= 0.6 is 0 Å². The van der Waals surface area contributed by atoms with E-state index in [-0.39, 0.29) is 23.3 Å². The van der Waals surface area contributed by atoms with Crippen LogP contribution in [0.3, 0.4) is 0 Å². The molecule has 2 aromatic rings. The molecule has 6 nitrogen and oxygen atoms in total. The zero-order valence-corrected chi connectivity index (χ0v) is 16.8. The molecular formula is C23H25FN4O2. The topological polar surface area (TPSA) is 65.5 Å². The average Bonchev–Trinajstić information content (AvgIpc) is 3.54. The molecule has 2 saturated heterocycles. The smallest absolute Gasteiger partial charge is 0.256 e. The molecule has 0 spiro atoms. The first-order valence-electron chi connectivity index (χ1n) is 10.7. The standard InChI is InChI=1S/C23H25FN4O2/c24-20-13-16(18-7-8-25-22(18)29)3-5-19(20)23(30)28-11-9-27(10-12-28)21-6-4-17(14-26-21)15-1-2-15/h3-6,13-15,18H,1-2,7-12H2,(H,25,29). The predicted octanol–water partition coefficient (Wildman–Crippen LogP) is 2.66. The molecule has 1 unspecified atom stereocenters. The Kier molecular flexibility index (Phi) is 4.89. The molecule has 3 aliphatic rings. The van der Waals surface area contributed by atoms with Crippen molar-refractivity contribution >= 4 is 17.6 Å². The lowest BCUT2D eigenvalue weighted by atomic mass is 9.96. The van der Waals surface area contributed by atoms with Crippen molar-refractivity contribution in [3.05, 3.63) is 59.0 Å². The summed E-state index contributed by atoms with van der Waals surface area (Å²) in [7, 11) is 0. The number of aromatic nitrogens is 1. The van der Waals surface area contributed by atoms with Crippen LogP contribution in [0.2, 0.25) is 0 Å². The highest BCUT2D eigenvalue weighted by molar-refractivity contribution is 5.95. The van der Waals surface area contributed by atoms with E-state index in [4.69, 9.17) is 0 Å². The molecular weight excluding hydrogens is 383 g/mol. The molecule has 3 fully saturated rings. The molecule has 0 radical (unpaired) electrons. The van der Waals surface area contributed by atoms with Gasteiger partial charge in [-0.15, -0.1) is 0 Å². The molecule has 5 rings (SSSR count). The minimum atomic E-state index is -0.558. The number of nitrogens with one attached hydrogen (secondary N) is 1. The van der Waals surface area contributed by atoms with E-state index in [2.05, 4.69) is 27.3 Å². The van der Waals surface area contributed by atoms with Crippen molar-refractivity contribution in [3.8, 4) is 0 Å². The van der Waals surface area contributed by atoms with E-state index in [0.717, 1.165) is 5.82 Å². The third-order valence-corrected chi connectivity index (χ3v) is 6.39. The van der Waals surface area contributed by atoms with Crippen molar-refractivity contribution in [1.82, 2.24) is 15.2 Å². The maximum absolute atomic E-state index is 14.7. The number of hydrogen-bond donors (Lipinski definition) is 1. The van der Waals surface area contributed by atoms with E-state index < -0.39 is 5.82 Å². The van der Waals surface area contributed by atoms with Gasteiger partial charge in [-0.3, -0.25) is 9.59 Å². The minimum absolute atomic E-state index is 0.0671. The van der Waals surface area contributed by atoms with E-state index in [1.54, 1.807) is 11.0 Å². The van der Waals surface area contributed by atoms with Gasteiger partial charge in [0.15, 0.2) is 0 Å². The fourth-order valence-electron chi connectivity index (χ4n) is 4.39. The van der Waals surface area contributed by atoms with Gasteiger partial charge in [0, 0.05) is 38.9 Å². The van der Waals surface area contributed by atoms with Crippen LogP contribution in [0.25, 0.3) is 0 Å². The lowest BCUT2D eigenvalue weighted by Crippen LogP contribution is -2.49. The fraction of sp³-hybridized carbons (Fsp3) is 0.435. The van der Waals surface area contributed by atoms with Gasteiger partial charge in [0.25, 0.3) is 5.91 Å². The van der Waals surface area contributed by atoms with E-state index in [0.29, 0.717) is 50.6 Å². The largest absolute Gasteiger partial charge is 0.356 e. The van der Waals surface area contributed by atoms with E-state index >= 15 is 0 Å². The number of halogens is 1. The number of amides is 2. The Hall–Kier alpha value is -2.96. The summed E-state index contributed by atoms with van der Waals surface area (Å²) >= 11 is 0. The fourth-order valence-corrected chi connectivity index (χ4v) is 4.39. The second-order valence-corrected chi connectivity index (χ2v) is 8.37. The van der Waals surface area contributed by atoms with E-state index in [1.807, 2.05) is 6.20 Å². The minimum Gasteiger partial charge on any atom is -0.356 e. The van der Waals surface area contributed by atoms with Crippen LogP contribution in [-0.4, -0.2) is 54.4 Å². The van der Waals surface area contributed by atoms with Crippen LogP contribution in [0, 0.1) is 5.82 Å². The van der Waals surface area contributed by atoms with Gasteiger partial charge < -0.3 is 15.1 Å². The van der Waals surface area contributed by atoms with Crippen LogP contribution in [-0.2, 0) is 4.79 Å². The molecule has 2 amide bonds. The Labute approximate surface area is 175 Å². The summed E-state index contributed by atoms with van der Waals surface area (Å²) in [6, 6.07) is 8.77. The van der Waals surface area contributed by atoms with Gasteiger partial charge in [-0.2, -0.15) is 0 Å². The molecule has 1 aliphatic carbocycles. The van der Waals surface area contributed by atoms with E-state index in [9.17, 15) is 14.0 Å². The number of carbonyl (C=O) groups excluding carboxylic acids is 2. The second-order valence-electron chi connectivity index (χ2n) is 8.37. The molecule has 0 bridgehead atoms. The maximum atomic E-state index is 14.7. The summed E-state index contributed by atoms with van der Waals surface area (Å²) in [5.74, 6) is 0.347. The lowest BCUT2D eigenvalue weighted by Gasteiger charge is -2.35. The van der Waals surface area contributed by atoms with Crippen molar-refractivity contribution in [1.29, 1.82) is 0 Å². The predicted molar refractivity (Wildman–Crippen MR) is 111 cm³/mol. The van der Waals surface area contributed by atoms with E-state index in [1.165, 1.54) is 30.5 Å². The van der Waals surface area contributed by atoms with Crippen LogP contribution < -0.4 is 10.2 Å². The van der Waals surface area contributed by atoms with Gasteiger partial charge in [0.2, 0.25) is 5.91 Å². The maximum Gasteiger partial charge on any atom is 0.256 e. The van der Waals surface area contributed by atoms with Crippen molar-refractivity contribution in [2.75, 3.05) is 37.6 Å². The zero-order valence-electron chi connectivity index (χ0n) is 16.8. The Bertz CT molecular complexity index is 966. The summed E-state index contributed by atoms with van der Waals surface area (Å²) in [5, 5.41) is 2.76. The normalized spacial score (nSPS) is 21.6. The van der Waals surface area contributed by atoms with Gasteiger partial charge in [-0.25, -0.2) is 9.37 Å². The van der Waals surface area contributed by atoms with Crippen LogP contribution in [0.5, 0.6) is 0 Å². The quantitative estimate of drug-likeness (QED) is 0.845. The third-order valence-electron chi connectivity index (χ3n) is 6.39. The SMILES string of the molecule is O=C1NCCC1c1ccc(C(=O)N2CCN(c3ccc(C4CC4)cn3)CC2)c(F)c1. The first kappa shape index (κ1) is 19.0. The Morgan fingerprint density at radius 3 is 2.40 bits per heavy atom. The molecule has 2 aliphatic heterocycles. The molecule has 1 saturated carbocycles. The molecule has 1 aromatic carbocycles. The number of hydrogen-bond acceptors (Lipinski definition) is 4. The Morgan fingerprint density at radius 2 is 1.80 bits per heavy atom. The highest BCUT2D eigenvalue weighted by Crippen LogP contribution is 2.39. The van der Waals surface area contributed by atoms with Crippen molar-refractivity contribution in [2.24, 2.45) is 0 Å². The molecule has 1 atom stereocenters. The van der Waals surface area contributed by atoms with Gasteiger partial charge >= 0.3 is 0 Å². The van der Waals surface area contributed by atoms with Crippen molar-refractivity contribution in [3.63, 3.8) is 0 Å². The number of carbonyl (C=O) groups is 2.